The SMILES string of the molecule is CCOc1ccc(NC(=O)N=C2NC(=O)CCN2C)cc1. The topological polar surface area (TPSA) is 83.0 Å². The van der Waals surface area contributed by atoms with Crippen LogP contribution in [0.4, 0.5) is 10.5 Å². The first-order valence-electron chi connectivity index (χ1n) is 6.72. The van der Waals surface area contributed by atoms with Gasteiger partial charge in [-0.3, -0.25) is 10.1 Å². The van der Waals surface area contributed by atoms with Gasteiger partial charge in [-0.25, -0.2) is 4.79 Å². The summed E-state index contributed by atoms with van der Waals surface area (Å²) in [6.45, 7) is 3.03. The summed E-state index contributed by atoms with van der Waals surface area (Å²) < 4.78 is 5.32. The van der Waals surface area contributed by atoms with Crippen LogP contribution in [0.5, 0.6) is 5.75 Å². The van der Waals surface area contributed by atoms with Gasteiger partial charge < -0.3 is 15.0 Å². The molecule has 2 rings (SSSR count). The molecule has 3 amide bonds. The number of guanidine groups is 1. The zero-order chi connectivity index (χ0) is 15.2. The molecule has 0 unspecified atom stereocenters. The molecule has 112 valence electrons. The number of benzene rings is 1. The number of aliphatic imine (C=N–C) groups is 1. The minimum atomic E-state index is -0.539. The third-order valence-corrected chi connectivity index (χ3v) is 2.91. The zero-order valence-corrected chi connectivity index (χ0v) is 12.0. The largest absolute Gasteiger partial charge is 0.494 e. The maximum absolute atomic E-state index is 11.8. The molecular weight excluding hydrogens is 272 g/mol. The number of carbonyl (C=O) groups is 2. The first-order valence-corrected chi connectivity index (χ1v) is 6.72. The Balaban J connectivity index is 1.98. The van der Waals surface area contributed by atoms with E-state index in [2.05, 4.69) is 15.6 Å². The maximum atomic E-state index is 11.8. The molecule has 0 atom stereocenters. The van der Waals surface area contributed by atoms with E-state index in [4.69, 9.17) is 4.74 Å². The van der Waals surface area contributed by atoms with Gasteiger partial charge in [0.2, 0.25) is 11.9 Å². The van der Waals surface area contributed by atoms with E-state index in [0.717, 1.165) is 5.75 Å². The highest BCUT2D eigenvalue weighted by molar-refractivity contribution is 6.05. The van der Waals surface area contributed by atoms with E-state index in [1.54, 1.807) is 36.2 Å². The molecule has 0 aromatic heterocycles. The molecule has 0 aliphatic carbocycles. The second kappa shape index (κ2) is 6.74. The van der Waals surface area contributed by atoms with Crippen LogP contribution in [0.2, 0.25) is 0 Å². The van der Waals surface area contributed by atoms with E-state index in [1.807, 2.05) is 6.92 Å². The summed E-state index contributed by atoms with van der Waals surface area (Å²) in [5.74, 6) is 0.858. The summed E-state index contributed by atoms with van der Waals surface area (Å²) in [5.41, 5.74) is 0.609. The third-order valence-electron chi connectivity index (χ3n) is 2.91. The van der Waals surface area contributed by atoms with Crippen molar-refractivity contribution in [1.82, 2.24) is 10.2 Å². The molecule has 1 aromatic carbocycles. The van der Waals surface area contributed by atoms with Gasteiger partial charge in [-0.1, -0.05) is 0 Å². The molecule has 1 aromatic rings. The third kappa shape index (κ3) is 4.20. The highest BCUT2D eigenvalue weighted by atomic mass is 16.5. The molecule has 0 bridgehead atoms. The van der Waals surface area contributed by atoms with Gasteiger partial charge in [-0.05, 0) is 31.2 Å². The molecular formula is C14H18N4O3. The van der Waals surface area contributed by atoms with E-state index in [0.29, 0.717) is 25.3 Å². The van der Waals surface area contributed by atoms with Crippen molar-refractivity contribution in [3.8, 4) is 5.75 Å². The Morgan fingerprint density at radius 3 is 2.81 bits per heavy atom. The van der Waals surface area contributed by atoms with Crippen molar-refractivity contribution < 1.29 is 14.3 Å². The summed E-state index contributed by atoms with van der Waals surface area (Å²) in [6.07, 6.45) is 0.399. The molecule has 0 saturated carbocycles. The first-order chi connectivity index (χ1) is 10.1. The number of hydrogen-bond donors (Lipinski definition) is 2. The fourth-order valence-electron chi connectivity index (χ4n) is 1.82. The Hall–Kier alpha value is -2.57. The molecule has 7 heteroatoms. The lowest BCUT2D eigenvalue weighted by Crippen LogP contribution is -2.49. The van der Waals surface area contributed by atoms with E-state index < -0.39 is 6.03 Å². The number of nitrogens with one attached hydrogen (secondary N) is 2. The van der Waals surface area contributed by atoms with Gasteiger partial charge in [-0.15, -0.1) is 0 Å². The number of anilines is 1. The van der Waals surface area contributed by atoms with Gasteiger partial charge in [0.1, 0.15) is 5.75 Å². The molecule has 0 radical (unpaired) electrons. The van der Waals surface area contributed by atoms with Crippen LogP contribution in [0.15, 0.2) is 29.3 Å². The minimum absolute atomic E-state index is 0.138. The van der Waals surface area contributed by atoms with Crippen molar-refractivity contribution in [3.05, 3.63) is 24.3 Å². The van der Waals surface area contributed by atoms with Crippen LogP contribution in [-0.2, 0) is 4.79 Å². The lowest BCUT2D eigenvalue weighted by atomic mass is 10.3. The summed E-state index contributed by atoms with van der Waals surface area (Å²) in [4.78, 5) is 28.7. The minimum Gasteiger partial charge on any atom is -0.494 e. The van der Waals surface area contributed by atoms with Crippen molar-refractivity contribution >= 4 is 23.6 Å². The van der Waals surface area contributed by atoms with Gasteiger partial charge in [0.15, 0.2) is 0 Å². The normalized spacial score (nSPS) is 16.6. The predicted octanol–water partition coefficient (Wildman–Crippen LogP) is 1.42. The Morgan fingerprint density at radius 1 is 1.43 bits per heavy atom. The maximum Gasteiger partial charge on any atom is 0.348 e. The molecule has 2 N–H and O–H groups in total. The molecule has 1 saturated heterocycles. The molecule has 1 heterocycles. The quantitative estimate of drug-likeness (QED) is 0.882. The molecule has 7 nitrogen and oxygen atoms in total. The fraction of sp³-hybridized carbons (Fsp3) is 0.357. The van der Waals surface area contributed by atoms with E-state index in [9.17, 15) is 9.59 Å². The van der Waals surface area contributed by atoms with Gasteiger partial charge in [0, 0.05) is 25.7 Å². The summed E-state index contributed by atoms with van der Waals surface area (Å²) in [6, 6.07) is 6.45. The number of urea groups is 1. The van der Waals surface area contributed by atoms with Crippen LogP contribution in [0.1, 0.15) is 13.3 Å². The van der Waals surface area contributed by atoms with Crippen molar-refractivity contribution in [2.24, 2.45) is 4.99 Å². The highest BCUT2D eigenvalue weighted by Crippen LogP contribution is 2.15. The Bertz CT molecular complexity index is 554. The lowest BCUT2D eigenvalue weighted by Gasteiger charge is -2.25. The van der Waals surface area contributed by atoms with E-state index in [-0.39, 0.29) is 11.9 Å². The van der Waals surface area contributed by atoms with E-state index in [1.165, 1.54) is 0 Å². The van der Waals surface area contributed by atoms with Gasteiger partial charge in [0.05, 0.1) is 6.61 Å². The summed E-state index contributed by atoms with van der Waals surface area (Å²) in [5, 5.41) is 5.20. The van der Waals surface area contributed by atoms with Gasteiger partial charge in [0.25, 0.3) is 0 Å². The molecule has 1 fully saturated rings. The summed E-state index contributed by atoms with van der Waals surface area (Å²) in [7, 11) is 1.77. The monoisotopic (exact) mass is 290 g/mol. The lowest BCUT2D eigenvalue weighted by molar-refractivity contribution is -0.120. The molecule has 1 aliphatic rings. The average molecular weight is 290 g/mol. The number of nitrogens with zero attached hydrogens (tertiary/aromatic N) is 2. The second-order valence-corrected chi connectivity index (χ2v) is 4.54. The molecule has 1 aliphatic heterocycles. The highest BCUT2D eigenvalue weighted by Gasteiger charge is 2.18. The average Bonchev–Trinajstić information content (AvgIpc) is 2.45. The number of hydrogen-bond acceptors (Lipinski definition) is 3. The predicted molar refractivity (Wildman–Crippen MR) is 79.5 cm³/mol. The zero-order valence-electron chi connectivity index (χ0n) is 12.0. The number of ether oxygens (including phenoxy) is 1. The van der Waals surface area contributed by atoms with Crippen LogP contribution in [-0.4, -0.2) is 43.0 Å². The van der Waals surface area contributed by atoms with Crippen molar-refractivity contribution in [2.45, 2.75) is 13.3 Å². The van der Waals surface area contributed by atoms with Crippen LogP contribution < -0.4 is 15.4 Å². The van der Waals surface area contributed by atoms with Crippen LogP contribution in [0, 0.1) is 0 Å². The van der Waals surface area contributed by atoms with Crippen LogP contribution in [0.25, 0.3) is 0 Å². The van der Waals surface area contributed by atoms with Crippen molar-refractivity contribution in [3.63, 3.8) is 0 Å². The standard InChI is InChI=1S/C14H18N4O3/c1-3-21-11-6-4-10(5-7-11)15-14(20)17-13-16-12(19)8-9-18(13)2/h4-7H,3,8-9H2,1-2H3,(H2,15,16,17,19,20). The second-order valence-electron chi connectivity index (χ2n) is 4.54. The van der Waals surface area contributed by atoms with Gasteiger partial charge in [-0.2, -0.15) is 4.99 Å². The van der Waals surface area contributed by atoms with Crippen molar-refractivity contribution in [1.29, 1.82) is 0 Å². The molecule has 0 spiro atoms. The van der Waals surface area contributed by atoms with Crippen LogP contribution in [0.3, 0.4) is 0 Å². The number of carbonyl (C=O) groups excluding carboxylic acids is 2. The van der Waals surface area contributed by atoms with Gasteiger partial charge >= 0.3 is 6.03 Å². The molecule has 21 heavy (non-hydrogen) atoms. The fourth-order valence-corrected chi connectivity index (χ4v) is 1.82. The smallest absolute Gasteiger partial charge is 0.348 e. The Kier molecular flexibility index (Phi) is 4.76. The Labute approximate surface area is 123 Å². The number of amides is 3. The van der Waals surface area contributed by atoms with Crippen molar-refractivity contribution in [2.75, 3.05) is 25.5 Å². The summed E-state index contributed by atoms with van der Waals surface area (Å²) >= 11 is 0. The number of rotatable bonds is 3. The van der Waals surface area contributed by atoms with Crippen LogP contribution >= 0.6 is 0 Å². The Morgan fingerprint density at radius 2 is 2.14 bits per heavy atom. The van der Waals surface area contributed by atoms with E-state index >= 15 is 0 Å². The first kappa shape index (κ1) is 14.8.